The SMILES string of the molecule is CN(CC1CCOCC1)C(CN)c1c(F)cccc1Cl. The number of nitrogens with zero attached hydrogens (tertiary/aromatic N) is 1. The predicted octanol–water partition coefficient (Wildman–Crippen LogP) is 2.84. The first-order valence-corrected chi connectivity index (χ1v) is 7.43. The molecule has 1 fully saturated rings. The number of benzene rings is 1. The Hall–Kier alpha value is -0.680. The molecule has 5 heteroatoms. The maximum absolute atomic E-state index is 14.0. The van der Waals surface area contributed by atoms with Gasteiger partial charge < -0.3 is 10.5 Å². The second-order valence-electron chi connectivity index (χ2n) is 5.38. The summed E-state index contributed by atoms with van der Waals surface area (Å²) in [6.07, 6.45) is 2.10. The zero-order valence-corrected chi connectivity index (χ0v) is 12.6. The van der Waals surface area contributed by atoms with Crippen molar-refractivity contribution in [3.8, 4) is 0 Å². The molecule has 0 radical (unpaired) electrons. The molecule has 0 amide bonds. The molecule has 20 heavy (non-hydrogen) atoms. The molecule has 1 aromatic carbocycles. The molecular weight excluding hydrogens is 279 g/mol. The van der Waals surface area contributed by atoms with Crippen LogP contribution in [0.15, 0.2) is 18.2 Å². The van der Waals surface area contributed by atoms with Crippen molar-refractivity contribution in [2.24, 2.45) is 11.7 Å². The number of halogens is 2. The van der Waals surface area contributed by atoms with Gasteiger partial charge in [-0.3, -0.25) is 4.90 Å². The summed E-state index contributed by atoms with van der Waals surface area (Å²) < 4.78 is 19.4. The molecule has 0 aromatic heterocycles. The molecule has 3 nitrogen and oxygen atoms in total. The molecule has 1 unspecified atom stereocenters. The predicted molar refractivity (Wildman–Crippen MR) is 79.4 cm³/mol. The van der Waals surface area contributed by atoms with Crippen molar-refractivity contribution < 1.29 is 9.13 Å². The molecule has 0 spiro atoms. The van der Waals surface area contributed by atoms with Crippen molar-refractivity contribution in [2.75, 3.05) is 33.4 Å². The summed E-state index contributed by atoms with van der Waals surface area (Å²) in [5.74, 6) is 0.292. The molecule has 1 atom stereocenters. The zero-order valence-electron chi connectivity index (χ0n) is 11.8. The van der Waals surface area contributed by atoms with E-state index in [0.29, 0.717) is 23.0 Å². The molecule has 1 saturated heterocycles. The minimum atomic E-state index is -0.285. The van der Waals surface area contributed by atoms with Crippen molar-refractivity contribution in [3.63, 3.8) is 0 Å². The van der Waals surface area contributed by atoms with Crippen LogP contribution in [0.1, 0.15) is 24.4 Å². The van der Waals surface area contributed by atoms with Gasteiger partial charge in [-0.25, -0.2) is 4.39 Å². The number of nitrogens with two attached hydrogens (primary N) is 1. The van der Waals surface area contributed by atoms with Gasteiger partial charge in [0.05, 0.1) is 6.04 Å². The highest BCUT2D eigenvalue weighted by molar-refractivity contribution is 6.31. The van der Waals surface area contributed by atoms with Crippen LogP contribution < -0.4 is 5.73 Å². The normalized spacial score (nSPS) is 18.4. The summed E-state index contributed by atoms with van der Waals surface area (Å²) in [6.45, 7) is 2.86. The first-order chi connectivity index (χ1) is 9.63. The third-order valence-corrected chi connectivity index (χ3v) is 4.30. The van der Waals surface area contributed by atoms with Crippen LogP contribution >= 0.6 is 11.6 Å². The molecular formula is C15H22ClFN2O. The van der Waals surface area contributed by atoms with E-state index in [1.807, 2.05) is 7.05 Å². The number of hydrogen-bond donors (Lipinski definition) is 1. The highest BCUT2D eigenvalue weighted by Crippen LogP contribution is 2.30. The quantitative estimate of drug-likeness (QED) is 0.909. The maximum atomic E-state index is 14.0. The number of hydrogen-bond acceptors (Lipinski definition) is 3. The second kappa shape index (κ2) is 7.36. The molecule has 1 heterocycles. The monoisotopic (exact) mass is 300 g/mol. The number of likely N-dealkylation sites (N-methyl/N-ethyl adjacent to an activating group) is 1. The molecule has 0 aliphatic carbocycles. The van der Waals surface area contributed by atoms with E-state index in [1.54, 1.807) is 12.1 Å². The molecule has 0 bridgehead atoms. The smallest absolute Gasteiger partial charge is 0.129 e. The highest BCUT2D eigenvalue weighted by atomic mass is 35.5. The Bertz CT molecular complexity index is 418. The first-order valence-electron chi connectivity index (χ1n) is 7.05. The lowest BCUT2D eigenvalue weighted by Crippen LogP contribution is -2.36. The van der Waals surface area contributed by atoms with Crippen LogP contribution in [0.3, 0.4) is 0 Å². The highest BCUT2D eigenvalue weighted by Gasteiger charge is 2.24. The standard InChI is InChI=1S/C15H22ClFN2O/c1-19(10-11-5-7-20-8-6-11)14(9-18)15-12(16)3-2-4-13(15)17/h2-4,11,14H,5-10,18H2,1H3. The molecule has 2 N–H and O–H groups in total. The van der Waals surface area contributed by atoms with Crippen LogP contribution in [0.25, 0.3) is 0 Å². The summed E-state index contributed by atoms with van der Waals surface area (Å²) in [4.78, 5) is 2.11. The van der Waals surface area contributed by atoms with E-state index in [2.05, 4.69) is 4.90 Å². The van der Waals surface area contributed by atoms with E-state index >= 15 is 0 Å². The Balaban J connectivity index is 2.10. The molecule has 112 valence electrons. The van der Waals surface area contributed by atoms with Crippen molar-refractivity contribution in [2.45, 2.75) is 18.9 Å². The van der Waals surface area contributed by atoms with Crippen LogP contribution in [0.5, 0.6) is 0 Å². The lowest BCUT2D eigenvalue weighted by molar-refractivity contribution is 0.0505. The minimum absolute atomic E-state index is 0.188. The van der Waals surface area contributed by atoms with Gasteiger partial charge in [0.25, 0.3) is 0 Å². The molecule has 1 aliphatic rings. The maximum Gasteiger partial charge on any atom is 0.129 e. The average molecular weight is 301 g/mol. The van der Waals surface area contributed by atoms with Crippen molar-refractivity contribution in [1.29, 1.82) is 0 Å². The van der Waals surface area contributed by atoms with Gasteiger partial charge in [-0.05, 0) is 37.9 Å². The average Bonchev–Trinajstić information content (AvgIpc) is 2.44. The van der Waals surface area contributed by atoms with E-state index in [0.717, 1.165) is 32.6 Å². The fourth-order valence-electron chi connectivity index (χ4n) is 2.81. The largest absolute Gasteiger partial charge is 0.381 e. The van der Waals surface area contributed by atoms with Gasteiger partial charge >= 0.3 is 0 Å². The van der Waals surface area contributed by atoms with Crippen molar-refractivity contribution >= 4 is 11.6 Å². The Kier molecular flexibility index (Phi) is 5.78. The van der Waals surface area contributed by atoms with Gasteiger partial charge in [-0.15, -0.1) is 0 Å². The van der Waals surface area contributed by atoms with Crippen LogP contribution in [-0.2, 0) is 4.74 Å². The zero-order chi connectivity index (χ0) is 14.5. The summed E-state index contributed by atoms with van der Waals surface area (Å²) in [5, 5.41) is 0.444. The Morgan fingerprint density at radius 3 is 2.75 bits per heavy atom. The fraction of sp³-hybridized carbons (Fsp3) is 0.600. The molecule has 0 saturated carbocycles. The van der Waals surface area contributed by atoms with E-state index in [4.69, 9.17) is 22.1 Å². The van der Waals surface area contributed by atoms with Gasteiger partial charge in [0, 0.05) is 36.9 Å². The van der Waals surface area contributed by atoms with Gasteiger partial charge in [0.1, 0.15) is 5.82 Å². The molecule has 1 aliphatic heterocycles. The van der Waals surface area contributed by atoms with Gasteiger partial charge in [0.2, 0.25) is 0 Å². The van der Waals surface area contributed by atoms with Gasteiger partial charge in [-0.1, -0.05) is 17.7 Å². The van der Waals surface area contributed by atoms with E-state index < -0.39 is 0 Å². The van der Waals surface area contributed by atoms with E-state index in [1.165, 1.54) is 6.07 Å². The van der Waals surface area contributed by atoms with E-state index in [9.17, 15) is 4.39 Å². The van der Waals surface area contributed by atoms with Crippen LogP contribution in [-0.4, -0.2) is 38.3 Å². The van der Waals surface area contributed by atoms with Crippen LogP contribution in [0.2, 0.25) is 5.02 Å². The van der Waals surface area contributed by atoms with E-state index in [-0.39, 0.29) is 11.9 Å². The summed E-state index contributed by atoms with van der Waals surface area (Å²) in [5.41, 5.74) is 6.36. The van der Waals surface area contributed by atoms with Gasteiger partial charge in [-0.2, -0.15) is 0 Å². The Morgan fingerprint density at radius 1 is 1.45 bits per heavy atom. The van der Waals surface area contributed by atoms with Crippen molar-refractivity contribution in [3.05, 3.63) is 34.6 Å². The van der Waals surface area contributed by atoms with Gasteiger partial charge in [0.15, 0.2) is 0 Å². The lowest BCUT2D eigenvalue weighted by atomic mass is 9.97. The van der Waals surface area contributed by atoms with Crippen LogP contribution in [0.4, 0.5) is 4.39 Å². The topological polar surface area (TPSA) is 38.5 Å². The first kappa shape index (κ1) is 15.7. The minimum Gasteiger partial charge on any atom is -0.381 e. The summed E-state index contributed by atoms with van der Waals surface area (Å²) >= 11 is 6.15. The van der Waals surface area contributed by atoms with Crippen molar-refractivity contribution in [1.82, 2.24) is 4.90 Å². The van der Waals surface area contributed by atoms with Crippen LogP contribution in [0, 0.1) is 11.7 Å². The Morgan fingerprint density at radius 2 is 2.15 bits per heavy atom. The number of rotatable bonds is 5. The molecule has 1 aromatic rings. The lowest BCUT2D eigenvalue weighted by Gasteiger charge is -2.33. The fourth-order valence-corrected chi connectivity index (χ4v) is 3.10. The summed E-state index contributed by atoms with van der Waals surface area (Å²) in [6, 6.07) is 4.58. The third-order valence-electron chi connectivity index (χ3n) is 3.98. The second-order valence-corrected chi connectivity index (χ2v) is 5.79. The summed E-state index contributed by atoms with van der Waals surface area (Å²) in [7, 11) is 1.98. The molecule has 2 rings (SSSR count). The third kappa shape index (κ3) is 3.70. The Labute approximate surface area is 124 Å². The number of ether oxygens (including phenoxy) is 1.